The smallest absolute Gasteiger partial charge is 0.119 e. The molecule has 1 aromatic rings. The molecule has 1 saturated carbocycles. The number of hydrogen-bond donors (Lipinski definition) is 3. The summed E-state index contributed by atoms with van der Waals surface area (Å²) < 4.78 is 0. The van der Waals surface area contributed by atoms with Gasteiger partial charge in [-0.05, 0) is 37.5 Å². The maximum Gasteiger partial charge on any atom is 0.119 e. The molecule has 1 aliphatic rings. The van der Waals surface area contributed by atoms with Gasteiger partial charge in [0.15, 0.2) is 0 Å². The van der Waals surface area contributed by atoms with Crippen LogP contribution in [0.4, 0.5) is 0 Å². The van der Waals surface area contributed by atoms with Crippen LogP contribution in [-0.2, 0) is 0 Å². The van der Waals surface area contributed by atoms with Gasteiger partial charge < -0.3 is 15.5 Å². The average molecular weight is 221 g/mol. The Hall–Kier alpha value is -1.22. The Labute approximate surface area is 96.1 Å². The lowest BCUT2D eigenvalue weighted by Crippen LogP contribution is -2.28. The molecule has 0 spiro atoms. The summed E-state index contributed by atoms with van der Waals surface area (Å²) in [7, 11) is 0. The molecule has 1 aliphatic carbocycles. The molecule has 0 bridgehead atoms. The largest absolute Gasteiger partial charge is 0.508 e. The number of hydrogen-bond acceptors (Lipinski definition) is 3. The summed E-state index contributed by atoms with van der Waals surface area (Å²) in [6, 6.07) is 5.50. The molecule has 2 rings (SSSR count). The fourth-order valence-electron chi connectivity index (χ4n) is 2.41. The summed E-state index contributed by atoms with van der Waals surface area (Å²) in [5.74, 6) is 0.241. The lowest BCUT2D eigenvalue weighted by Gasteiger charge is -2.19. The SMILES string of the molecule is CC(NC1CCCC1)c1cc(O)cc(O)c1. The van der Waals surface area contributed by atoms with Crippen molar-refractivity contribution in [1.29, 1.82) is 0 Å². The van der Waals surface area contributed by atoms with Crippen LogP contribution in [0.15, 0.2) is 18.2 Å². The van der Waals surface area contributed by atoms with Gasteiger partial charge in [-0.15, -0.1) is 0 Å². The van der Waals surface area contributed by atoms with Crippen molar-refractivity contribution in [1.82, 2.24) is 5.32 Å². The first-order valence-corrected chi connectivity index (χ1v) is 5.94. The highest BCUT2D eigenvalue weighted by molar-refractivity contribution is 5.37. The predicted molar refractivity (Wildman–Crippen MR) is 63.6 cm³/mol. The van der Waals surface area contributed by atoms with Crippen LogP contribution >= 0.6 is 0 Å². The quantitative estimate of drug-likeness (QED) is 0.735. The fraction of sp³-hybridized carbons (Fsp3) is 0.538. The number of rotatable bonds is 3. The zero-order valence-electron chi connectivity index (χ0n) is 9.61. The lowest BCUT2D eigenvalue weighted by molar-refractivity contribution is 0.436. The molecule has 1 aromatic carbocycles. The zero-order valence-corrected chi connectivity index (χ0v) is 9.61. The standard InChI is InChI=1S/C13H19NO2/c1-9(14-11-4-2-3-5-11)10-6-12(15)8-13(16)7-10/h6-9,11,14-16H,2-5H2,1H3. The Morgan fingerprint density at radius 3 is 2.25 bits per heavy atom. The number of phenolic OH excluding ortho intramolecular Hbond substituents is 2. The van der Waals surface area contributed by atoms with Crippen molar-refractivity contribution in [3.63, 3.8) is 0 Å². The molecular formula is C13H19NO2. The molecule has 0 aromatic heterocycles. The van der Waals surface area contributed by atoms with Gasteiger partial charge in [0.1, 0.15) is 11.5 Å². The van der Waals surface area contributed by atoms with Crippen molar-refractivity contribution in [3.05, 3.63) is 23.8 Å². The summed E-state index contributed by atoms with van der Waals surface area (Å²) in [6.45, 7) is 2.06. The van der Waals surface area contributed by atoms with Crippen molar-refractivity contribution in [3.8, 4) is 11.5 Å². The molecular weight excluding hydrogens is 202 g/mol. The highest BCUT2D eigenvalue weighted by Gasteiger charge is 2.18. The number of benzene rings is 1. The second kappa shape index (κ2) is 4.74. The first-order chi connectivity index (χ1) is 7.65. The monoisotopic (exact) mass is 221 g/mol. The molecule has 1 fully saturated rings. The molecule has 3 heteroatoms. The highest BCUT2D eigenvalue weighted by Crippen LogP contribution is 2.27. The molecule has 0 saturated heterocycles. The van der Waals surface area contributed by atoms with Crippen LogP contribution in [0.25, 0.3) is 0 Å². The average Bonchev–Trinajstić information content (AvgIpc) is 2.68. The Morgan fingerprint density at radius 1 is 1.12 bits per heavy atom. The van der Waals surface area contributed by atoms with E-state index in [2.05, 4.69) is 12.2 Å². The summed E-state index contributed by atoms with van der Waals surface area (Å²) in [5.41, 5.74) is 0.935. The first kappa shape index (κ1) is 11.3. The van der Waals surface area contributed by atoms with Gasteiger partial charge in [0.2, 0.25) is 0 Å². The Balaban J connectivity index is 2.04. The normalized spacial score (nSPS) is 18.8. The fourth-order valence-corrected chi connectivity index (χ4v) is 2.41. The van der Waals surface area contributed by atoms with E-state index in [-0.39, 0.29) is 17.5 Å². The number of aromatic hydroxyl groups is 2. The third kappa shape index (κ3) is 2.67. The molecule has 3 N–H and O–H groups in total. The van der Waals surface area contributed by atoms with E-state index < -0.39 is 0 Å². The van der Waals surface area contributed by atoms with Crippen LogP contribution in [0.2, 0.25) is 0 Å². The topological polar surface area (TPSA) is 52.5 Å². The molecule has 16 heavy (non-hydrogen) atoms. The Morgan fingerprint density at radius 2 is 1.69 bits per heavy atom. The maximum atomic E-state index is 9.42. The molecule has 88 valence electrons. The minimum Gasteiger partial charge on any atom is -0.508 e. The van der Waals surface area contributed by atoms with Crippen molar-refractivity contribution >= 4 is 0 Å². The van der Waals surface area contributed by atoms with Crippen LogP contribution < -0.4 is 5.32 Å². The molecule has 0 aliphatic heterocycles. The van der Waals surface area contributed by atoms with E-state index in [0.29, 0.717) is 6.04 Å². The van der Waals surface area contributed by atoms with Crippen molar-refractivity contribution in [2.24, 2.45) is 0 Å². The predicted octanol–water partition coefficient (Wildman–Crippen LogP) is 2.69. The van der Waals surface area contributed by atoms with Crippen LogP contribution in [0.3, 0.4) is 0 Å². The first-order valence-electron chi connectivity index (χ1n) is 5.94. The summed E-state index contributed by atoms with van der Waals surface area (Å²) in [5, 5.41) is 22.4. The van der Waals surface area contributed by atoms with Crippen molar-refractivity contribution in [2.45, 2.75) is 44.7 Å². The molecule has 0 amide bonds. The van der Waals surface area contributed by atoms with Crippen LogP contribution in [0.5, 0.6) is 11.5 Å². The van der Waals surface area contributed by atoms with Crippen molar-refractivity contribution < 1.29 is 10.2 Å². The van der Waals surface area contributed by atoms with Gasteiger partial charge in [0.25, 0.3) is 0 Å². The van der Waals surface area contributed by atoms with E-state index in [1.807, 2.05) is 0 Å². The van der Waals surface area contributed by atoms with Crippen molar-refractivity contribution in [2.75, 3.05) is 0 Å². The van der Waals surface area contributed by atoms with Gasteiger partial charge in [-0.2, -0.15) is 0 Å². The van der Waals surface area contributed by atoms with E-state index in [1.54, 1.807) is 12.1 Å². The van der Waals surface area contributed by atoms with E-state index >= 15 is 0 Å². The van der Waals surface area contributed by atoms with Gasteiger partial charge in [-0.3, -0.25) is 0 Å². The van der Waals surface area contributed by atoms with Gasteiger partial charge in [0, 0.05) is 18.2 Å². The van der Waals surface area contributed by atoms with Crippen LogP contribution in [-0.4, -0.2) is 16.3 Å². The minimum atomic E-state index is 0.120. The Bertz CT molecular complexity index is 339. The molecule has 0 heterocycles. The maximum absolute atomic E-state index is 9.42. The number of nitrogens with one attached hydrogen (secondary N) is 1. The van der Waals surface area contributed by atoms with E-state index in [4.69, 9.17) is 0 Å². The van der Waals surface area contributed by atoms with Gasteiger partial charge in [0.05, 0.1) is 0 Å². The second-order valence-corrected chi connectivity index (χ2v) is 4.65. The summed E-state index contributed by atoms with van der Waals surface area (Å²) >= 11 is 0. The van der Waals surface area contributed by atoms with Crippen LogP contribution in [0, 0.1) is 0 Å². The van der Waals surface area contributed by atoms with Crippen LogP contribution in [0.1, 0.15) is 44.2 Å². The second-order valence-electron chi connectivity index (χ2n) is 4.65. The Kier molecular flexibility index (Phi) is 3.34. The van der Waals surface area contributed by atoms with Gasteiger partial charge >= 0.3 is 0 Å². The lowest BCUT2D eigenvalue weighted by atomic mass is 10.1. The van der Waals surface area contributed by atoms with E-state index in [9.17, 15) is 10.2 Å². The van der Waals surface area contributed by atoms with E-state index in [1.165, 1.54) is 31.7 Å². The summed E-state index contributed by atoms with van der Waals surface area (Å²) in [6.07, 6.45) is 5.07. The molecule has 0 radical (unpaired) electrons. The molecule has 1 unspecified atom stereocenters. The van der Waals surface area contributed by atoms with E-state index in [0.717, 1.165) is 5.56 Å². The molecule has 1 atom stereocenters. The third-order valence-electron chi connectivity index (χ3n) is 3.27. The minimum absolute atomic E-state index is 0.120. The summed E-state index contributed by atoms with van der Waals surface area (Å²) in [4.78, 5) is 0. The third-order valence-corrected chi connectivity index (χ3v) is 3.27. The number of phenols is 2. The van der Waals surface area contributed by atoms with Gasteiger partial charge in [-0.1, -0.05) is 12.8 Å². The van der Waals surface area contributed by atoms with Gasteiger partial charge in [-0.25, -0.2) is 0 Å². The zero-order chi connectivity index (χ0) is 11.5. The molecule has 3 nitrogen and oxygen atoms in total. The highest BCUT2D eigenvalue weighted by atomic mass is 16.3.